The number of carbonyl (C=O) groups excluding carboxylic acids is 1. The van der Waals surface area contributed by atoms with Gasteiger partial charge in [0, 0.05) is 38.6 Å². The lowest BCUT2D eigenvalue weighted by atomic mass is 9.98. The Morgan fingerprint density at radius 1 is 1.00 bits per heavy atom. The molecule has 0 atom stereocenters. The Morgan fingerprint density at radius 2 is 1.60 bits per heavy atom. The fourth-order valence-electron chi connectivity index (χ4n) is 4.95. The normalized spacial score (nSPS) is 15.4. The van der Waals surface area contributed by atoms with Crippen molar-refractivity contribution in [2.24, 2.45) is 0 Å². The quantitative estimate of drug-likeness (QED) is 0.617. The minimum atomic E-state index is 0.281. The predicted octanol–water partition coefficient (Wildman–Crippen LogP) is 5.37. The first kappa shape index (κ1) is 22.6. The highest BCUT2D eigenvalue weighted by atomic mass is 16.2. The highest BCUT2D eigenvalue weighted by Crippen LogP contribution is 2.22. The molecule has 0 saturated carbocycles. The van der Waals surface area contributed by atoms with E-state index in [1.54, 1.807) is 0 Å². The van der Waals surface area contributed by atoms with Crippen LogP contribution in [0, 0.1) is 27.7 Å². The van der Waals surface area contributed by atoms with Gasteiger partial charge < -0.3 is 9.80 Å². The lowest BCUT2D eigenvalue weighted by molar-refractivity contribution is -0.135. The number of rotatable bonds is 7. The van der Waals surface area contributed by atoms with Gasteiger partial charge in [0.1, 0.15) is 0 Å². The van der Waals surface area contributed by atoms with Crippen LogP contribution in [-0.4, -0.2) is 41.4 Å². The number of likely N-dealkylation sites (tertiary alicyclic amines) is 1. The second-order valence-corrected chi connectivity index (χ2v) is 9.06. The van der Waals surface area contributed by atoms with Crippen LogP contribution in [0.5, 0.6) is 0 Å². The Balaban J connectivity index is 1.59. The van der Waals surface area contributed by atoms with E-state index in [0.717, 1.165) is 45.4 Å². The molecule has 30 heavy (non-hydrogen) atoms. The molecule has 0 spiro atoms. The number of piperidine rings is 1. The summed E-state index contributed by atoms with van der Waals surface area (Å²) in [5.74, 6) is 0.281. The van der Waals surface area contributed by atoms with Gasteiger partial charge in [-0.15, -0.1) is 0 Å². The monoisotopic (exact) mass is 406 g/mol. The fourth-order valence-corrected chi connectivity index (χ4v) is 4.95. The number of aryl methyl sites for hydroxylation is 4. The third-order valence-corrected chi connectivity index (χ3v) is 6.58. The van der Waals surface area contributed by atoms with Crippen molar-refractivity contribution in [3.8, 4) is 0 Å². The summed E-state index contributed by atoms with van der Waals surface area (Å²) in [5.41, 5.74) is 8.10. The molecular weight excluding hydrogens is 368 g/mol. The molecule has 0 aromatic heterocycles. The standard InChI is InChI=1S/C27H38N2O/c1-6-27(30)29(19-24-17-20(2)16-21(3)18-24)25-10-13-28(14-11-25)15-12-26-22(4)8-7-9-23(26)5/h7-9,16-18,25H,6,10-15,19H2,1-5H3. The van der Waals surface area contributed by atoms with E-state index >= 15 is 0 Å². The summed E-state index contributed by atoms with van der Waals surface area (Å²) in [6.45, 7) is 14.7. The number of hydrogen-bond acceptors (Lipinski definition) is 2. The van der Waals surface area contributed by atoms with Gasteiger partial charge in [-0.25, -0.2) is 0 Å². The van der Waals surface area contributed by atoms with Crippen molar-refractivity contribution in [1.82, 2.24) is 9.80 Å². The molecule has 0 N–H and O–H groups in total. The number of amides is 1. The van der Waals surface area contributed by atoms with Gasteiger partial charge in [-0.3, -0.25) is 4.79 Å². The molecule has 0 unspecified atom stereocenters. The van der Waals surface area contributed by atoms with Crippen LogP contribution in [0.25, 0.3) is 0 Å². The first-order valence-corrected chi connectivity index (χ1v) is 11.5. The summed E-state index contributed by atoms with van der Waals surface area (Å²) in [4.78, 5) is 17.5. The van der Waals surface area contributed by atoms with Gasteiger partial charge in [0.25, 0.3) is 0 Å². The molecule has 3 heteroatoms. The van der Waals surface area contributed by atoms with E-state index in [1.807, 2.05) is 6.92 Å². The third kappa shape index (κ3) is 5.72. The molecule has 1 saturated heterocycles. The van der Waals surface area contributed by atoms with Crippen LogP contribution in [-0.2, 0) is 17.8 Å². The molecule has 1 heterocycles. The van der Waals surface area contributed by atoms with Gasteiger partial charge in [0.05, 0.1) is 0 Å². The Hall–Kier alpha value is -2.13. The predicted molar refractivity (Wildman–Crippen MR) is 126 cm³/mol. The number of nitrogens with zero attached hydrogens (tertiary/aromatic N) is 2. The topological polar surface area (TPSA) is 23.6 Å². The summed E-state index contributed by atoms with van der Waals surface area (Å²) < 4.78 is 0. The van der Waals surface area contributed by atoms with Gasteiger partial charge in [0.15, 0.2) is 0 Å². The number of hydrogen-bond donors (Lipinski definition) is 0. The molecule has 0 bridgehead atoms. The zero-order valence-electron chi connectivity index (χ0n) is 19.5. The van der Waals surface area contributed by atoms with Crippen molar-refractivity contribution in [1.29, 1.82) is 0 Å². The van der Waals surface area contributed by atoms with Crippen LogP contribution >= 0.6 is 0 Å². The van der Waals surface area contributed by atoms with Crippen molar-refractivity contribution >= 4 is 5.91 Å². The second kappa shape index (κ2) is 10.3. The van der Waals surface area contributed by atoms with E-state index in [9.17, 15) is 4.79 Å². The van der Waals surface area contributed by atoms with Crippen molar-refractivity contribution in [3.05, 3.63) is 69.8 Å². The molecule has 2 aromatic rings. The largest absolute Gasteiger partial charge is 0.335 e. The summed E-state index contributed by atoms with van der Waals surface area (Å²) >= 11 is 0. The Kier molecular flexibility index (Phi) is 7.71. The van der Waals surface area contributed by atoms with Crippen LogP contribution in [0.4, 0.5) is 0 Å². The average Bonchev–Trinajstić information content (AvgIpc) is 2.71. The maximum absolute atomic E-state index is 12.8. The van der Waals surface area contributed by atoms with Crippen LogP contribution in [0.3, 0.4) is 0 Å². The Labute approximate surface area is 183 Å². The van der Waals surface area contributed by atoms with Crippen molar-refractivity contribution in [3.63, 3.8) is 0 Å². The van der Waals surface area contributed by atoms with Gasteiger partial charge in [-0.05, 0) is 69.2 Å². The molecular formula is C27H38N2O. The SMILES string of the molecule is CCC(=O)N(Cc1cc(C)cc(C)c1)C1CCN(CCc2c(C)cccc2C)CC1. The van der Waals surface area contributed by atoms with Crippen LogP contribution in [0.2, 0.25) is 0 Å². The second-order valence-electron chi connectivity index (χ2n) is 9.06. The molecule has 0 radical (unpaired) electrons. The summed E-state index contributed by atoms with van der Waals surface area (Å²) in [7, 11) is 0. The number of benzene rings is 2. The van der Waals surface area contributed by atoms with Crippen molar-refractivity contribution in [2.45, 2.75) is 72.9 Å². The van der Waals surface area contributed by atoms with E-state index in [4.69, 9.17) is 0 Å². The number of carbonyl (C=O) groups is 1. The smallest absolute Gasteiger partial charge is 0.222 e. The zero-order valence-corrected chi connectivity index (χ0v) is 19.5. The van der Waals surface area contributed by atoms with Gasteiger partial charge in [-0.1, -0.05) is 54.4 Å². The van der Waals surface area contributed by atoms with E-state index in [-0.39, 0.29) is 5.91 Å². The molecule has 1 aliphatic rings. The van der Waals surface area contributed by atoms with Gasteiger partial charge in [-0.2, -0.15) is 0 Å². The first-order valence-electron chi connectivity index (χ1n) is 11.5. The molecule has 162 valence electrons. The Bertz CT molecular complexity index is 825. The van der Waals surface area contributed by atoms with E-state index in [1.165, 1.54) is 33.4 Å². The Morgan fingerprint density at radius 3 is 2.17 bits per heavy atom. The fraction of sp³-hybridized carbons (Fsp3) is 0.519. The maximum Gasteiger partial charge on any atom is 0.222 e. The molecule has 1 fully saturated rings. The first-order chi connectivity index (χ1) is 14.4. The molecule has 3 nitrogen and oxygen atoms in total. The van der Waals surface area contributed by atoms with Crippen molar-refractivity contribution in [2.75, 3.05) is 19.6 Å². The minimum absolute atomic E-state index is 0.281. The summed E-state index contributed by atoms with van der Waals surface area (Å²) in [6, 6.07) is 13.6. The lowest BCUT2D eigenvalue weighted by Crippen LogP contribution is -2.47. The third-order valence-electron chi connectivity index (χ3n) is 6.58. The molecule has 1 amide bonds. The average molecular weight is 407 g/mol. The minimum Gasteiger partial charge on any atom is -0.335 e. The molecule has 2 aromatic carbocycles. The van der Waals surface area contributed by atoms with E-state index in [2.05, 4.69) is 73.9 Å². The van der Waals surface area contributed by atoms with Gasteiger partial charge in [0.2, 0.25) is 5.91 Å². The summed E-state index contributed by atoms with van der Waals surface area (Å²) in [5, 5.41) is 0. The van der Waals surface area contributed by atoms with Gasteiger partial charge >= 0.3 is 0 Å². The molecule has 0 aliphatic carbocycles. The van der Waals surface area contributed by atoms with E-state index < -0.39 is 0 Å². The lowest BCUT2D eigenvalue weighted by Gasteiger charge is -2.39. The zero-order chi connectivity index (χ0) is 21.7. The van der Waals surface area contributed by atoms with Crippen molar-refractivity contribution < 1.29 is 4.79 Å². The van der Waals surface area contributed by atoms with Crippen LogP contribution < -0.4 is 0 Å². The maximum atomic E-state index is 12.8. The van der Waals surface area contributed by atoms with E-state index in [0.29, 0.717) is 12.5 Å². The molecule has 1 aliphatic heterocycles. The van der Waals surface area contributed by atoms with Crippen LogP contribution in [0.1, 0.15) is 59.6 Å². The highest BCUT2D eigenvalue weighted by Gasteiger charge is 2.27. The highest BCUT2D eigenvalue weighted by molar-refractivity contribution is 5.76. The molecule has 3 rings (SSSR count). The van der Waals surface area contributed by atoms with Crippen LogP contribution in [0.15, 0.2) is 36.4 Å². The summed E-state index contributed by atoms with van der Waals surface area (Å²) in [6.07, 6.45) is 3.84.